The quantitative estimate of drug-likeness (QED) is 0.828. The second-order valence-electron chi connectivity index (χ2n) is 2.98. The van der Waals surface area contributed by atoms with Crippen LogP contribution in [0.3, 0.4) is 0 Å². The smallest absolute Gasteiger partial charge is 0.321 e. The van der Waals surface area contributed by atoms with E-state index >= 15 is 0 Å². The van der Waals surface area contributed by atoms with Gasteiger partial charge in [0.25, 0.3) is 0 Å². The van der Waals surface area contributed by atoms with Crippen LogP contribution in [0.5, 0.6) is 0 Å². The highest BCUT2D eigenvalue weighted by Gasteiger charge is 2.05. The predicted octanol–water partition coefficient (Wildman–Crippen LogP) is 2.68. The molecule has 1 rings (SSSR count). The van der Waals surface area contributed by atoms with Gasteiger partial charge in [-0.3, -0.25) is 0 Å². The Balaban J connectivity index is 2.82. The molecular weight excluding hydrogens is 251 g/mol. The number of anilines is 1. The molecule has 0 aliphatic carbocycles. The summed E-state index contributed by atoms with van der Waals surface area (Å²) in [4.78, 5) is 12.6. The first-order valence-electron chi connectivity index (χ1n) is 3.93. The number of rotatable bonds is 1. The van der Waals surface area contributed by atoms with Crippen LogP contribution in [0.4, 0.5) is 14.9 Å². The van der Waals surface area contributed by atoms with E-state index in [2.05, 4.69) is 21.2 Å². The van der Waals surface area contributed by atoms with Crippen molar-refractivity contribution >= 4 is 27.6 Å². The molecule has 76 valence electrons. The number of amides is 2. The molecule has 3 nitrogen and oxygen atoms in total. The second-order valence-corrected chi connectivity index (χ2v) is 3.90. The minimum Gasteiger partial charge on any atom is -0.331 e. The maximum Gasteiger partial charge on any atom is 0.321 e. The third-order valence-electron chi connectivity index (χ3n) is 1.52. The minimum atomic E-state index is -0.395. The molecule has 1 aromatic carbocycles. The first-order valence-corrected chi connectivity index (χ1v) is 4.73. The monoisotopic (exact) mass is 260 g/mol. The predicted molar refractivity (Wildman–Crippen MR) is 56.8 cm³/mol. The third kappa shape index (κ3) is 2.99. The Morgan fingerprint density at radius 3 is 2.57 bits per heavy atom. The average molecular weight is 261 g/mol. The van der Waals surface area contributed by atoms with Gasteiger partial charge in [0.05, 0.1) is 0 Å². The standard InChI is InChI=1S/C9H10BrFN2O/c1-13(2)9(14)12-8-4-6(10)3-7(11)5-8/h3-5H,1-2H3,(H,12,14). The first kappa shape index (κ1) is 11.0. The van der Waals surface area contributed by atoms with Crippen molar-refractivity contribution in [3.05, 3.63) is 28.5 Å². The summed E-state index contributed by atoms with van der Waals surface area (Å²) in [6, 6.07) is 3.92. The van der Waals surface area contributed by atoms with Crippen molar-refractivity contribution in [2.75, 3.05) is 19.4 Å². The van der Waals surface area contributed by atoms with E-state index in [-0.39, 0.29) is 6.03 Å². The van der Waals surface area contributed by atoms with Gasteiger partial charge in [0.15, 0.2) is 0 Å². The molecule has 0 aromatic heterocycles. The minimum absolute atomic E-state index is 0.289. The van der Waals surface area contributed by atoms with Crippen LogP contribution in [-0.2, 0) is 0 Å². The molecule has 0 saturated heterocycles. The fraction of sp³-hybridized carbons (Fsp3) is 0.222. The van der Waals surface area contributed by atoms with Crippen LogP contribution in [0, 0.1) is 5.82 Å². The molecule has 5 heteroatoms. The summed E-state index contributed by atoms with van der Waals surface area (Å²) < 4.78 is 13.5. The van der Waals surface area contributed by atoms with E-state index in [1.807, 2.05) is 0 Å². The van der Waals surface area contributed by atoms with Gasteiger partial charge in [0, 0.05) is 24.3 Å². The second kappa shape index (κ2) is 4.41. The summed E-state index contributed by atoms with van der Waals surface area (Å²) in [7, 11) is 3.23. The number of urea groups is 1. The normalized spacial score (nSPS) is 9.71. The van der Waals surface area contributed by atoms with Crippen LogP contribution in [0.1, 0.15) is 0 Å². The molecule has 0 heterocycles. The van der Waals surface area contributed by atoms with Crippen LogP contribution >= 0.6 is 15.9 Å². The van der Waals surface area contributed by atoms with Crippen molar-refractivity contribution in [2.24, 2.45) is 0 Å². The van der Waals surface area contributed by atoms with Crippen molar-refractivity contribution in [3.8, 4) is 0 Å². The molecular formula is C9H10BrFN2O. The summed E-state index contributed by atoms with van der Waals surface area (Å²) in [6.07, 6.45) is 0. The summed E-state index contributed by atoms with van der Waals surface area (Å²) >= 11 is 3.14. The summed E-state index contributed by atoms with van der Waals surface area (Å²) in [5.41, 5.74) is 0.426. The molecule has 0 unspecified atom stereocenters. The van der Waals surface area contributed by atoms with Gasteiger partial charge in [0.1, 0.15) is 5.82 Å². The van der Waals surface area contributed by atoms with Crippen LogP contribution in [0.25, 0.3) is 0 Å². The molecule has 0 aliphatic heterocycles. The Morgan fingerprint density at radius 2 is 2.07 bits per heavy atom. The van der Waals surface area contributed by atoms with Gasteiger partial charge in [-0.05, 0) is 18.2 Å². The fourth-order valence-corrected chi connectivity index (χ4v) is 1.33. The Morgan fingerprint density at radius 1 is 1.43 bits per heavy atom. The molecule has 0 fully saturated rings. The van der Waals surface area contributed by atoms with Gasteiger partial charge in [0.2, 0.25) is 0 Å². The Hall–Kier alpha value is -1.10. The number of halogens is 2. The highest BCUT2D eigenvalue weighted by molar-refractivity contribution is 9.10. The molecule has 0 aliphatic rings. The lowest BCUT2D eigenvalue weighted by atomic mass is 10.3. The third-order valence-corrected chi connectivity index (χ3v) is 1.98. The van der Waals surface area contributed by atoms with Gasteiger partial charge in [-0.25, -0.2) is 9.18 Å². The lowest BCUT2D eigenvalue weighted by Crippen LogP contribution is -2.27. The number of carbonyl (C=O) groups excluding carboxylic acids is 1. The van der Waals surface area contributed by atoms with Crippen molar-refractivity contribution in [1.29, 1.82) is 0 Å². The van der Waals surface area contributed by atoms with Crippen molar-refractivity contribution in [1.82, 2.24) is 4.90 Å². The SMILES string of the molecule is CN(C)C(=O)Nc1cc(F)cc(Br)c1. The average Bonchev–Trinajstić information content (AvgIpc) is 2.01. The Labute approximate surface area is 90.0 Å². The molecule has 1 N–H and O–H groups in total. The van der Waals surface area contributed by atoms with Gasteiger partial charge >= 0.3 is 6.03 Å². The zero-order valence-corrected chi connectivity index (χ0v) is 9.43. The zero-order chi connectivity index (χ0) is 10.7. The largest absolute Gasteiger partial charge is 0.331 e. The van der Waals surface area contributed by atoms with E-state index in [0.717, 1.165) is 0 Å². The van der Waals surface area contributed by atoms with E-state index in [1.54, 1.807) is 20.2 Å². The number of hydrogen-bond donors (Lipinski definition) is 1. The zero-order valence-electron chi connectivity index (χ0n) is 7.84. The van der Waals surface area contributed by atoms with Crippen LogP contribution in [-0.4, -0.2) is 25.0 Å². The topological polar surface area (TPSA) is 32.3 Å². The van der Waals surface area contributed by atoms with Crippen molar-refractivity contribution in [3.63, 3.8) is 0 Å². The van der Waals surface area contributed by atoms with E-state index in [9.17, 15) is 9.18 Å². The molecule has 0 atom stereocenters. The van der Waals surface area contributed by atoms with Crippen molar-refractivity contribution < 1.29 is 9.18 Å². The van der Waals surface area contributed by atoms with E-state index in [1.165, 1.54) is 17.0 Å². The highest BCUT2D eigenvalue weighted by Crippen LogP contribution is 2.18. The summed E-state index contributed by atoms with van der Waals surface area (Å²) in [5, 5.41) is 2.54. The Kier molecular flexibility index (Phi) is 3.46. The summed E-state index contributed by atoms with van der Waals surface area (Å²) in [6.45, 7) is 0. The van der Waals surface area contributed by atoms with E-state index < -0.39 is 5.82 Å². The number of benzene rings is 1. The number of hydrogen-bond acceptors (Lipinski definition) is 1. The van der Waals surface area contributed by atoms with Gasteiger partial charge in [-0.15, -0.1) is 0 Å². The highest BCUT2D eigenvalue weighted by atomic mass is 79.9. The molecule has 0 radical (unpaired) electrons. The first-order chi connectivity index (χ1) is 6.49. The number of nitrogens with one attached hydrogen (secondary N) is 1. The van der Waals surface area contributed by atoms with Gasteiger partial charge in [-0.2, -0.15) is 0 Å². The van der Waals surface area contributed by atoms with Crippen molar-refractivity contribution in [2.45, 2.75) is 0 Å². The lowest BCUT2D eigenvalue weighted by molar-refractivity contribution is 0.230. The van der Waals surface area contributed by atoms with Crippen LogP contribution in [0.15, 0.2) is 22.7 Å². The molecule has 0 bridgehead atoms. The Bertz CT molecular complexity index is 334. The maximum atomic E-state index is 12.9. The molecule has 0 spiro atoms. The van der Waals surface area contributed by atoms with Crippen LogP contribution < -0.4 is 5.32 Å². The lowest BCUT2D eigenvalue weighted by Gasteiger charge is -2.12. The van der Waals surface area contributed by atoms with Crippen LogP contribution in [0.2, 0.25) is 0 Å². The number of carbonyl (C=O) groups is 1. The fourth-order valence-electron chi connectivity index (χ4n) is 0.861. The van der Waals surface area contributed by atoms with Gasteiger partial charge < -0.3 is 10.2 Å². The van der Waals surface area contributed by atoms with E-state index in [0.29, 0.717) is 10.2 Å². The molecule has 2 amide bonds. The molecule has 1 aromatic rings. The number of nitrogens with zero attached hydrogens (tertiary/aromatic N) is 1. The summed E-state index contributed by atoms with van der Waals surface area (Å²) in [5.74, 6) is -0.395. The van der Waals surface area contributed by atoms with Gasteiger partial charge in [-0.1, -0.05) is 15.9 Å². The maximum absolute atomic E-state index is 12.9. The molecule has 0 saturated carbocycles. The van der Waals surface area contributed by atoms with E-state index in [4.69, 9.17) is 0 Å². The molecule has 14 heavy (non-hydrogen) atoms.